The van der Waals surface area contributed by atoms with E-state index >= 15 is 0 Å². The zero-order chi connectivity index (χ0) is 17.6. The smallest absolute Gasteiger partial charge is 0.336 e. The number of hydrogen-bond acceptors (Lipinski definition) is 7. The fourth-order valence-electron chi connectivity index (χ4n) is 3.39. The van der Waals surface area contributed by atoms with Crippen LogP contribution in [0, 0.1) is 0 Å². The zero-order valence-electron chi connectivity index (χ0n) is 13.6. The summed E-state index contributed by atoms with van der Waals surface area (Å²) in [6.45, 7) is 1.82. The van der Waals surface area contributed by atoms with Crippen LogP contribution in [0.3, 0.4) is 0 Å². The van der Waals surface area contributed by atoms with Gasteiger partial charge >= 0.3 is 5.97 Å². The predicted octanol–water partition coefficient (Wildman–Crippen LogP) is 1.19. The highest BCUT2D eigenvalue weighted by molar-refractivity contribution is 6.10. The normalized spacial score (nSPS) is 25.3. The van der Waals surface area contributed by atoms with Crippen LogP contribution < -0.4 is 4.74 Å². The van der Waals surface area contributed by atoms with Crippen LogP contribution in [0.5, 0.6) is 11.5 Å². The molecule has 1 aromatic rings. The number of allylic oxidation sites excluding steroid dienone is 1. The second-order valence-electron chi connectivity index (χ2n) is 5.73. The number of rotatable bonds is 3. The van der Waals surface area contributed by atoms with E-state index in [-0.39, 0.29) is 29.1 Å². The van der Waals surface area contributed by atoms with Crippen LogP contribution in [-0.2, 0) is 26.3 Å². The molecule has 1 aliphatic heterocycles. The maximum absolute atomic E-state index is 12.5. The summed E-state index contributed by atoms with van der Waals surface area (Å²) in [6, 6.07) is 1.56. The lowest BCUT2D eigenvalue weighted by Crippen LogP contribution is -2.35. The number of esters is 1. The summed E-state index contributed by atoms with van der Waals surface area (Å²) in [4.78, 5) is 24.3. The minimum atomic E-state index is -1.45. The Morgan fingerprint density at radius 1 is 1.33 bits per heavy atom. The number of ether oxygens (including phenoxy) is 3. The van der Waals surface area contributed by atoms with Gasteiger partial charge in [-0.25, -0.2) is 4.79 Å². The maximum Gasteiger partial charge on any atom is 0.336 e. The molecular weight excluding hydrogens is 316 g/mol. The molecule has 3 rings (SSSR count). The number of fused-ring (bicyclic) bond motifs is 2. The van der Waals surface area contributed by atoms with Crippen LogP contribution in [0.2, 0.25) is 0 Å². The van der Waals surface area contributed by atoms with E-state index in [4.69, 9.17) is 14.2 Å². The second-order valence-corrected chi connectivity index (χ2v) is 5.73. The molecule has 1 spiro atoms. The molecule has 2 atom stereocenters. The number of methoxy groups -OCH3 is 2. The molecule has 0 bridgehead atoms. The topological polar surface area (TPSA) is 102 Å². The van der Waals surface area contributed by atoms with Crippen LogP contribution in [0.4, 0.5) is 0 Å². The lowest BCUT2D eigenvalue weighted by Gasteiger charge is -2.34. The standard InChI is InChI=1S/C17H18O7/c1-4-8-12(22-2)5-9-14(15(8)20)10(18)6-13(23-3)17(9)7-11(19)16(21)24-17/h5-6,11,19-20H,4,7H2,1-3H3/t11-,17-/m1/s1. The molecule has 7 nitrogen and oxygen atoms in total. The summed E-state index contributed by atoms with van der Waals surface area (Å²) in [5.41, 5.74) is -0.677. The van der Waals surface area contributed by atoms with Crippen LogP contribution >= 0.6 is 0 Å². The predicted molar refractivity (Wildman–Crippen MR) is 81.9 cm³/mol. The van der Waals surface area contributed by atoms with E-state index in [1.807, 2.05) is 6.92 Å². The molecule has 0 unspecified atom stereocenters. The monoisotopic (exact) mass is 334 g/mol. The van der Waals surface area contributed by atoms with Crippen molar-refractivity contribution in [1.29, 1.82) is 0 Å². The fraction of sp³-hybridized carbons (Fsp3) is 0.412. The molecular formula is C17H18O7. The average Bonchev–Trinajstić information content (AvgIpc) is 2.86. The first kappa shape index (κ1) is 16.3. The lowest BCUT2D eigenvalue weighted by molar-refractivity contribution is -0.153. The van der Waals surface area contributed by atoms with Crippen molar-refractivity contribution in [3.8, 4) is 11.5 Å². The third-order valence-corrected chi connectivity index (χ3v) is 4.53. The van der Waals surface area contributed by atoms with Gasteiger partial charge in [0.25, 0.3) is 0 Å². The lowest BCUT2D eigenvalue weighted by atomic mass is 9.78. The number of aromatic hydroxyl groups is 1. The van der Waals surface area contributed by atoms with Crippen molar-refractivity contribution in [1.82, 2.24) is 0 Å². The Labute approximate surface area is 138 Å². The largest absolute Gasteiger partial charge is 0.507 e. The van der Waals surface area contributed by atoms with E-state index in [0.717, 1.165) is 0 Å². The molecule has 2 aliphatic rings. The molecule has 1 saturated heterocycles. The molecule has 2 N–H and O–H groups in total. The Balaban J connectivity index is 2.34. The molecule has 0 amide bonds. The van der Waals surface area contributed by atoms with Crippen molar-refractivity contribution in [3.05, 3.63) is 34.6 Å². The highest BCUT2D eigenvalue weighted by atomic mass is 16.6. The van der Waals surface area contributed by atoms with Gasteiger partial charge in [0, 0.05) is 23.6 Å². The number of aliphatic hydroxyl groups excluding tert-OH is 1. The highest BCUT2D eigenvalue weighted by Crippen LogP contribution is 2.51. The molecule has 1 aliphatic carbocycles. The SMILES string of the molecule is CCc1c(OC)cc2c(c1O)C(=O)C=C(OC)[C@@]21C[C@@H](O)C(=O)O1. The summed E-state index contributed by atoms with van der Waals surface area (Å²) < 4.78 is 16.0. The Morgan fingerprint density at radius 3 is 2.54 bits per heavy atom. The molecule has 1 heterocycles. The number of aliphatic hydroxyl groups is 1. The fourth-order valence-corrected chi connectivity index (χ4v) is 3.39. The van der Waals surface area contributed by atoms with Gasteiger partial charge < -0.3 is 24.4 Å². The Kier molecular flexibility index (Phi) is 3.76. The van der Waals surface area contributed by atoms with E-state index in [0.29, 0.717) is 17.7 Å². The maximum atomic E-state index is 12.5. The van der Waals surface area contributed by atoms with Gasteiger partial charge in [0.2, 0.25) is 0 Å². The van der Waals surface area contributed by atoms with Crippen LogP contribution in [-0.4, -0.2) is 42.3 Å². The van der Waals surface area contributed by atoms with Crippen molar-refractivity contribution < 1.29 is 34.0 Å². The number of phenols is 1. The first-order chi connectivity index (χ1) is 11.4. The quantitative estimate of drug-likeness (QED) is 0.801. The van der Waals surface area contributed by atoms with E-state index in [9.17, 15) is 19.8 Å². The number of carbonyl (C=O) groups is 2. The van der Waals surface area contributed by atoms with Crippen molar-refractivity contribution in [2.45, 2.75) is 31.5 Å². The Bertz CT molecular complexity index is 765. The molecule has 1 fully saturated rings. The molecule has 24 heavy (non-hydrogen) atoms. The van der Waals surface area contributed by atoms with Gasteiger partial charge in [-0.1, -0.05) is 6.92 Å². The first-order valence-electron chi connectivity index (χ1n) is 7.54. The van der Waals surface area contributed by atoms with Gasteiger partial charge in [-0.15, -0.1) is 0 Å². The molecule has 0 aromatic heterocycles. The van der Waals surface area contributed by atoms with E-state index in [1.165, 1.54) is 20.3 Å². The van der Waals surface area contributed by atoms with Gasteiger partial charge in [-0.2, -0.15) is 0 Å². The number of ketones is 1. The van der Waals surface area contributed by atoms with Gasteiger partial charge in [0.15, 0.2) is 17.5 Å². The number of benzene rings is 1. The number of phenolic OH excluding ortho intramolecular Hbond substituents is 1. The van der Waals surface area contributed by atoms with Crippen molar-refractivity contribution >= 4 is 11.8 Å². The van der Waals surface area contributed by atoms with Gasteiger partial charge in [0.1, 0.15) is 17.3 Å². The third kappa shape index (κ3) is 2.01. The van der Waals surface area contributed by atoms with E-state index in [2.05, 4.69) is 0 Å². The molecule has 128 valence electrons. The molecule has 0 radical (unpaired) electrons. The summed E-state index contributed by atoms with van der Waals surface area (Å²) in [7, 11) is 2.79. The van der Waals surface area contributed by atoms with Crippen molar-refractivity contribution in [3.63, 3.8) is 0 Å². The summed E-state index contributed by atoms with van der Waals surface area (Å²) >= 11 is 0. The molecule has 1 aromatic carbocycles. The first-order valence-corrected chi connectivity index (χ1v) is 7.54. The van der Waals surface area contributed by atoms with Gasteiger partial charge in [-0.3, -0.25) is 4.79 Å². The minimum absolute atomic E-state index is 0.0374. The Morgan fingerprint density at radius 2 is 2.04 bits per heavy atom. The van der Waals surface area contributed by atoms with Gasteiger partial charge in [0.05, 0.1) is 19.8 Å². The van der Waals surface area contributed by atoms with Crippen LogP contribution in [0.25, 0.3) is 0 Å². The third-order valence-electron chi connectivity index (χ3n) is 4.53. The minimum Gasteiger partial charge on any atom is -0.507 e. The van der Waals surface area contributed by atoms with Crippen LogP contribution in [0.15, 0.2) is 17.9 Å². The average molecular weight is 334 g/mol. The zero-order valence-corrected chi connectivity index (χ0v) is 13.6. The molecule has 7 heteroatoms. The summed E-state index contributed by atoms with van der Waals surface area (Å²) in [5, 5.41) is 20.5. The second kappa shape index (κ2) is 5.52. The number of hydrogen-bond donors (Lipinski definition) is 2. The van der Waals surface area contributed by atoms with E-state index in [1.54, 1.807) is 6.07 Å². The summed E-state index contributed by atoms with van der Waals surface area (Å²) in [6.07, 6.45) is 0.175. The van der Waals surface area contributed by atoms with E-state index < -0.39 is 23.5 Å². The van der Waals surface area contributed by atoms with Gasteiger partial charge in [-0.05, 0) is 12.5 Å². The van der Waals surface area contributed by atoms with Crippen molar-refractivity contribution in [2.24, 2.45) is 0 Å². The van der Waals surface area contributed by atoms with Crippen molar-refractivity contribution in [2.75, 3.05) is 14.2 Å². The summed E-state index contributed by atoms with van der Waals surface area (Å²) in [5.74, 6) is -0.998. The molecule has 0 saturated carbocycles. The Hall–Kier alpha value is -2.54. The van der Waals surface area contributed by atoms with Crippen LogP contribution in [0.1, 0.15) is 34.8 Å². The highest BCUT2D eigenvalue weighted by Gasteiger charge is 2.55. The number of carbonyl (C=O) groups excluding carboxylic acids is 2.